The van der Waals surface area contributed by atoms with Crippen molar-refractivity contribution in [2.75, 3.05) is 13.1 Å². The Hall–Kier alpha value is -1.70. The highest BCUT2D eigenvalue weighted by molar-refractivity contribution is 5.80. The van der Waals surface area contributed by atoms with Crippen LogP contribution in [0.5, 0.6) is 0 Å². The first-order valence-corrected chi connectivity index (χ1v) is 8.66. The number of unbranched alkanes of at least 4 members (excludes halogenated alkanes) is 5. The summed E-state index contributed by atoms with van der Waals surface area (Å²) < 4.78 is 0. The molecule has 2 aliphatic carbocycles. The maximum absolute atomic E-state index is 4.49. The van der Waals surface area contributed by atoms with E-state index < -0.39 is 0 Å². The summed E-state index contributed by atoms with van der Waals surface area (Å²) >= 11 is 0. The Morgan fingerprint density at radius 1 is 0.682 bits per heavy atom. The summed E-state index contributed by atoms with van der Waals surface area (Å²) in [5.74, 6) is 0. The molecule has 0 heterocycles. The first kappa shape index (κ1) is 16.7. The number of hydrogen-bond donors (Lipinski definition) is 0. The molecule has 0 aliphatic heterocycles. The van der Waals surface area contributed by atoms with Crippen LogP contribution in [0.1, 0.15) is 51.4 Å². The highest BCUT2D eigenvalue weighted by atomic mass is 14.7. The van der Waals surface area contributed by atoms with Crippen LogP contribution in [0.15, 0.2) is 57.6 Å². The Balaban J connectivity index is 1.34. The fourth-order valence-electron chi connectivity index (χ4n) is 2.60. The third-order valence-electron chi connectivity index (χ3n) is 3.94. The molecule has 0 N–H and O–H groups in total. The van der Waals surface area contributed by atoms with Crippen molar-refractivity contribution in [3.05, 3.63) is 47.6 Å². The maximum atomic E-state index is 4.49. The van der Waals surface area contributed by atoms with Crippen molar-refractivity contribution in [3.63, 3.8) is 0 Å². The van der Waals surface area contributed by atoms with Gasteiger partial charge in [-0.2, -0.15) is 0 Å². The van der Waals surface area contributed by atoms with E-state index in [1.54, 1.807) is 0 Å². The molecule has 0 fully saturated rings. The van der Waals surface area contributed by atoms with Crippen LogP contribution in [0.2, 0.25) is 0 Å². The van der Waals surface area contributed by atoms with Crippen LogP contribution in [0.25, 0.3) is 0 Å². The molecular weight excluding hydrogens is 268 g/mol. The average Bonchev–Trinajstić information content (AvgIpc) is 3.21. The monoisotopic (exact) mass is 296 g/mol. The van der Waals surface area contributed by atoms with Gasteiger partial charge in [-0.05, 0) is 36.8 Å². The van der Waals surface area contributed by atoms with Gasteiger partial charge in [0.05, 0.1) is 0 Å². The van der Waals surface area contributed by atoms with Crippen LogP contribution in [-0.4, -0.2) is 25.5 Å². The number of hydrogen-bond acceptors (Lipinski definition) is 2. The summed E-state index contributed by atoms with van der Waals surface area (Å²) in [5.41, 5.74) is 2.68. The van der Waals surface area contributed by atoms with Gasteiger partial charge in [-0.25, -0.2) is 0 Å². The lowest BCUT2D eigenvalue weighted by molar-refractivity contribution is 0.602. The molecule has 22 heavy (non-hydrogen) atoms. The second-order valence-electron chi connectivity index (χ2n) is 5.94. The summed E-state index contributed by atoms with van der Waals surface area (Å²) in [6.07, 6.45) is 26.7. The van der Waals surface area contributed by atoms with Crippen molar-refractivity contribution in [2.24, 2.45) is 9.98 Å². The van der Waals surface area contributed by atoms with Crippen molar-refractivity contribution >= 4 is 12.4 Å². The number of rotatable bonds is 11. The molecule has 0 saturated carbocycles. The fourth-order valence-corrected chi connectivity index (χ4v) is 2.60. The lowest BCUT2D eigenvalue weighted by Crippen LogP contribution is -1.88. The second kappa shape index (κ2) is 10.9. The highest BCUT2D eigenvalue weighted by Gasteiger charge is 1.95. The van der Waals surface area contributed by atoms with E-state index in [9.17, 15) is 0 Å². The van der Waals surface area contributed by atoms with Crippen LogP contribution in [0, 0.1) is 0 Å². The number of allylic oxidation sites excluding steroid dienone is 8. The van der Waals surface area contributed by atoms with Gasteiger partial charge in [-0.1, -0.05) is 62.1 Å². The van der Waals surface area contributed by atoms with Crippen LogP contribution in [0.4, 0.5) is 0 Å². The maximum Gasteiger partial charge on any atom is 0.0389 e. The Morgan fingerprint density at radius 2 is 1.14 bits per heavy atom. The van der Waals surface area contributed by atoms with E-state index in [1.165, 1.54) is 49.7 Å². The van der Waals surface area contributed by atoms with Crippen LogP contribution < -0.4 is 0 Å². The summed E-state index contributed by atoms with van der Waals surface area (Å²) in [6.45, 7) is 1.95. The molecule has 2 rings (SSSR count). The van der Waals surface area contributed by atoms with Gasteiger partial charge in [0.2, 0.25) is 0 Å². The first-order valence-electron chi connectivity index (χ1n) is 8.66. The molecule has 0 atom stereocenters. The zero-order valence-electron chi connectivity index (χ0n) is 13.6. The molecule has 2 aliphatic rings. The van der Waals surface area contributed by atoms with Gasteiger partial charge in [-0.3, -0.25) is 9.98 Å². The fraction of sp³-hybridized carbons (Fsp3) is 0.500. The zero-order chi connectivity index (χ0) is 15.3. The van der Waals surface area contributed by atoms with E-state index in [1.807, 2.05) is 12.4 Å². The third-order valence-corrected chi connectivity index (χ3v) is 3.94. The molecule has 2 nitrogen and oxygen atoms in total. The lowest BCUT2D eigenvalue weighted by Gasteiger charge is -1.99. The first-order chi connectivity index (χ1) is 10.9. The third kappa shape index (κ3) is 7.35. The van der Waals surface area contributed by atoms with E-state index in [0.29, 0.717) is 0 Å². The molecule has 0 aromatic carbocycles. The molecule has 0 aromatic rings. The van der Waals surface area contributed by atoms with E-state index in [-0.39, 0.29) is 0 Å². The minimum absolute atomic E-state index is 0.977. The van der Waals surface area contributed by atoms with E-state index in [0.717, 1.165) is 25.9 Å². The second-order valence-corrected chi connectivity index (χ2v) is 5.94. The average molecular weight is 296 g/mol. The van der Waals surface area contributed by atoms with Crippen molar-refractivity contribution in [2.45, 2.75) is 51.4 Å². The molecule has 0 bridgehead atoms. The van der Waals surface area contributed by atoms with Gasteiger partial charge in [-0.15, -0.1) is 0 Å². The predicted molar refractivity (Wildman–Crippen MR) is 98.1 cm³/mol. The summed E-state index contributed by atoms with van der Waals surface area (Å²) in [4.78, 5) is 8.97. The van der Waals surface area contributed by atoms with E-state index in [2.05, 4.69) is 46.4 Å². The molecule has 2 heteroatoms. The minimum Gasteiger partial charge on any atom is -0.293 e. The SMILES string of the molecule is C1=CCC(C=NCCCCCCCCN=CC2=CC=CC2)=C1. The van der Waals surface area contributed by atoms with E-state index in [4.69, 9.17) is 0 Å². The Morgan fingerprint density at radius 3 is 1.55 bits per heavy atom. The quantitative estimate of drug-likeness (QED) is 0.368. The smallest absolute Gasteiger partial charge is 0.0389 e. The topological polar surface area (TPSA) is 24.7 Å². The summed E-state index contributed by atoms with van der Waals surface area (Å²) in [6, 6.07) is 0. The van der Waals surface area contributed by atoms with Gasteiger partial charge in [0.15, 0.2) is 0 Å². The van der Waals surface area contributed by atoms with E-state index >= 15 is 0 Å². The Kier molecular flexibility index (Phi) is 8.29. The Bertz CT molecular complexity index is 444. The standard InChI is InChI=1S/C20H28N2/c1(3-9-15-21-17-19-11-5-6-12-19)2-4-10-16-22-18-20-13-7-8-14-20/h5-8,11,13,17-18H,1-4,9-10,12,14-16H2. The molecule has 0 unspecified atom stereocenters. The normalized spacial score (nSPS) is 17.1. The molecule has 0 aromatic heterocycles. The van der Waals surface area contributed by atoms with Gasteiger partial charge in [0, 0.05) is 25.5 Å². The van der Waals surface area contributed by atoms with Crippen molar-refractivity contribution in [1.82, 2.24) is 0 Å². The van der Waals surface area contributed by atoms with Gasteiger partial charge >= 0.3 is 0 Å². The van der Waals surface area contributed by atoms with Crippen LogP contribution >= 0.6 is 0 Å². The van der Waals surface area contributed by atoms with Gasteiger partial charge in [0.1, 0.15) is 0 Å². The van der Waals surface area contributed by atoms with Crippen molar-refractivity contribution in [3.8, 4) is 0 Å². The summed E-state index contributed by atoms with van der Waals surface area (Å²) in [7, 11) is 0. The lowest BCUT2D eigenvalue weighted by atomic mass is 10.1. The Labute approximate surface area is 135 Å². The predicted octanol–water partition coefficient (Wildman–Crippen LogP) is 5.24. The molecule has 0 saturated heterocycles. The molecular formula is C20H28N2. The zero-order valence-corrected chi connectivity index (χ0v) is 13.6. The minimum atomic E-state index is 0.977. The summed E-state index contributed by atoms with van der Waals surface area (Å²) in [5, 5.41) is 0. The largest absolute Gasteiger partial charge is 0.293 e. The van der Waals surface area contributed by atoms with Crippen LogP contribution in [-0.2, 0) is 0 Å². The highest BCUT2D eigenvalue weighted by Crippen LogP contribution is 2.09. The van der Waals surface area contributed by atoms with Gasteiger partial charge in [0.25, 0.3) is 0 Å². The number of aliphatic imine (C=N–C) groups is 2. The van der Waals surface area contributed by atoms with Crippen LogP contribution in [0.3, 0.4) is 0 Å². The van der Waals surface area contributed by atoms with Crippen molar-refractivity contribution < 1.29 is 0 Å². The molecule has 0 amide bonds. The molecule has 0 radical (unpaired) electrons. The van der Waals surface area contributed by atoms with Crippen molar-refractivity contribution in [1.29, 1.82) is 0 Å². The molecule has 0 spiro atoms. The molecule has 118 valence electrons. The van der Waals surface area contributed by atoms with Gasteiger partial charge < -0.3 is 0 Å². The number of nitrogens with zero attached hydrogens (tertiary/aromatic N) is 2.